The minimum Gasteiger partial charge on any atom is -0.274 e. The molecule has 0 aliphatic carbocycles. The highest BCUT2D eigenvalue weighted by atomic mass is 35.6. The maximum Gasteiger partial charge on any atom is 0.235 e. The van der Waals surface area contributed by atoms with Crippen molar-refractivity contribution in [2.24, 2.45) is 0 Å². The lowest BCUT2D eigenvalue weighted by Gasteiger charge is -2.16. The standard InChI is InChI=1S/C10H7Cl3N2O2/c11-10(12,13)6-3-4-14-7(5-6)15-8(16)1-2-9(15)17/h3-5H,1-2H2. The number of carbonyl (C=O) groups is 2. The summed E-state index contributed by atoms with van der Waals surface area (Å²) in [5.74, 6) is -0.380. The number of alkyl halides is 3. The first kappa shape index (κ1) is 12.6. The van der Waals surface area contributed by atoms with Crippen LogP contribution in [-0.2, 0) is 13.4 Å². The Balaban J connectivity index is 2.40. The average molecular weight is 294 g/mol. The Hall–Kier alpha value is -0.840. The van der Waals surface area contributed by atoms with Gasteiger partial charge in [0.25, 0.3) is 0 Å². The number of halogens is 3. The molecule has 2 rings (SSSR count). The Labute approximate surface area is 112 Å². The van der Waals surface area contributed by atoms with E-state index < -0.39 is 3.79 Å². The number of amides is 2. The van der Waals surface area contributed by atoms with E-state index in [0.717, 1.165) is 4.90 Å². The van der Waals surface area contributed by atoms with E-state index in [0.29, 0.717) is 5.56 Å². The van der Waals surface area contributed by atoms with Crippen LogP contribution in [0, 0.1) is 0 Å². The first-order valence-corrected chi connectivity index (χ1v) is 5.92. The van der Waals surface area contributed by atoms with E-state index in [1.165, 1.54) is 18.3 Å². The van der Waals surface area contributed by atoms with Gasteiger partial charge in [0.15, 0.2) is 0 Å². The summed E-state index contributed by atoms with van der Waals surface area (Å²) < 4.78 is -1.61. The molecule has 0 atom stereocenters. The van der Waals surface area contributed by atoms with Crippen LogP contribution in [-0.4, -0.2) is 16.8 Å². The summed E-state index contributed by atoms with van der Waals surface area (Å²) in [4.78, 5) is 28.0. The van der Waals surface area contributed by atoms with Gasteiger partial charge in [-0.05, 0) is 12.1 Å². The zero-order valence-corrected chi connectivity index (χ0v) is 10.8. The number of rotatable bonds is 1. The van der Waals surface area contributed by atoms with Gasteiger partial charge < -0.3 is 0 Å². The highest BCUT2D eigenvalue weighted by Crippen LogP contribution is 2.39. The van der Waals surface area contributed by atoms with Crippen LogP contribution in [0.1, 0.15) is 18.4 Å². The van der Waals surface area contributed by atoms with Gasteiger partial charge in [-0.2, -0.15) is 0 Å². The molecule has 0 bridgehead atoms. The Morgan fingerprint density at radius 1 is 1.18 bits per heavy atom. The summed E-state index contributed by atoms with van der Waals surface area (Å²) in [7, 11) is 0. The van der Waals surface area contributed by atoms with Crippen molar-refractivity contribution < 1.29 is 9.59 Å². The molecule has 0 saturated carbocycles. The number of imide groups is 1. The highest BCUT2D eigenvalue weighted by molar-refractivity contribution is 6.66. The fraction of sp³-hybridized carbons (Fsp3) is 0.300. The Morgan fingerprint density at radius 2 is 1.76 bits per heavy atom. The third-order valence-electron chi connectivity index (χ3n) is 2.35. The zero-order chi connectivity index (χ0) is 12.6. The van der Waals surface area contributed by atoms with E-state index in [9.17, 15) is 9.59 Å². The summed E-state index contributed by atoms with van der Waals surface area (Å²) in [5.41, 5.74) is 0.361. The fourth-order valence-electron chi connectivity index (χ4n) is 1.55. The van der Waals surface area contributed by atoms with E-state index in [2.05, 4.69) is 4.98 Å². The lowest BCUT2D eigenvalue weighted by molar-refractivity contribution is -0.121. The molecule has 0 N–H and O–H groups in total. The normalized spacial score (nSPS) is 16.8. The largest absolute Gasteiger partial charge is 0.274 e. The molecule has 1 fully saturated rings. The number of pyridine rings is 1. The number of aromatic nitrogens is 1. The number of hydrogen-bond donors (Lipinski definition) is 0. The van der Waals surface area contributed by atoms with Crippen LogP contribution >= 0.6 is 34.8 Å². The van der Waals surface area contributed by atoms with Crippen LogP contribution < -0.4 is 4.90 Å². The smallest absolute Gasteiger partial charge is 0.235 e. The number of anilines is 1. The summed E-state index contributed by atoms with van der Waals surface area (Å²) in [6, 6.07) is 2.94. The molecule has 4 nitrogen and oxygen atoms in total. The van der Waals surface area contributed by atoms with Gasteiger partial charge in [-0.15, -0.1) is 0 Å². The van der Waals surface area contributed by atoms with Gasteiger partial charge in [0.2, 0.25) is 15.6 Å². The Kier molecular flexibility index (Phi) is 3.30. The van der Waals surface area contributed by atoms with Crippen LogP contribution in [0.4, 0.5) is 5.82 Å². The molecular weight excluding hydrogens is 286 g/mol. The molecule has 1 saturated heterocycles. The van der Waals surface area contributed by atoms with Gasteiger partial charge in [-0.3, -0.25) is 9.59 Å². The highest BCUT2D eigenvalue weighted by Gasteiger charge is 2.32. The molecule has 1 aromatic rings. The SMILES string of the molecule is O=C1CCC(=O)N1c1cc(C(Cl)(Cl)Cl)ccn1. The number of nitrogens with zero attached hydrogens (tertiary/aromatic N) is 2. The Bertz CT molecular complexity index is 469. The second kappa shape index (κ2) is 4.44. The van der Waals surface area contributed by atoms with Crippen LogP contribution in [0.25, 0.3) is 0 Å². The van der Waals surface area contributed by atoms with E-state index in [1.54, 1.807) is 0 Å². The van der Waals surface area contributed by atoms with Gasteiger partial charge in [0.1, 0.15) is 5.82 Å². The van der Waals surface area contributed by atoms with E-state index in [1.807, 2.05) is 0 Å². The van der Waals surface area contributed by atoms with Gasteiger partial charge in [0.05, 0.1) is 0 Å². The summed E-state index contributed by atoms with van der Waals surface area (Å²) >= 11 is 17.2. The summed E-state index contributed by atoms with van der Waals surface area (Å²) in [5, 5.41) is 0. The third kappa shape index (κ3) is 2.54. The lowest BCUT2D eigenvalue weighted by atomic mass is 10.3. The number of hydrogen-bond acceptors (Lipinski definition) is 3. The topological polar surface area (TPSA) is 50.3 Å². The summed E-state index contributed by atoms with van der Waals surface area (Å²) in [6.45, 7) is 0. The van der Waals surface area contributed by atoms with E-state index in [4.69, 9.17) is 34.8 Å². The second-order valence-electron chi connectivity index (χ2n) is 3.52. The van der Waals surface area contributed by atoms with Crippen LogP contribution in [0.2, 0.25) is 0 Å². The van der Waals surface area contributed by atoms with Gasteiger partial charge in [0, 0.05) is 24.6 Å². The van der Waals surface area contributed by atoms with Gasteiger partial charge in [-0.1, -0.05) is 34.8 Å². The molecule has 0 aromatic carbocycles. The first-order valence-electron chi connectivity index (χ1n) is 4.78. The molecule has 2 heterocycles. The van der Waals surface area contributed by atoms with Crippen molar-refractivity contribution in [3.8, 4) is 0 Å². The van der Waals surface area contributed by atoms with Crippen LogP contribution in [0.3, 0.4) is 0 Å². The van der Waals surface area contributed by atoms with E-state index in [-0.39, 0.29) is 30.5 Å². The molecule has 7 heteroatoms. The van der Waals surface area contributed by atoms with Crippen LogP contribution in [0.15, 0.2) is 18.3 Å². The molecule has 17 heavy (non-hydrogen) atoms. The average Bonchev–Trinajstić information content (AvgIpc) is 2.57. The molecule has 0 unspecified atom stereocenters. The zero-order valence-electron chi connectivity index (χ0n) is 8.49. The third-order valence-corrected chi connectivity index (χ3v) is 3.01. The molecule has 0 radical (unpaired) electrons. The molecule has 1 aliphatic heterocycles. The monoisotopic (exact) mass is 292 g/mol. The lowest BCUT2D eigenvalue weighted by Crippen LogP contribution is -2.29. The maximum atomic E-state index is 11.5. The molecule has 90 valence electrons. The molecule has 1 aromatic heterocycles. The molecule has 0 spiro atoms. The minimum atomic E-state index is -1.61. The molecule has 2 amide bonds. The van der Waals surface area contributed by atoms with E-state index >= 15 is 0 Å². The summed E-state index contributed by atoms with van der Waals surface area (Å²) in [6.07, 6.45) is 1.78. The van der Waals surface area contributed by atoms with Crippen molar-refractivity contribution in [3.05, 3.63) is 23.9 Å². The van der Waals surface area contributed by atoms with Crippen molar-refractivity contribution in [1.29, 1.82) is 0 Å². The fourth-order valence-corrected chi connectivity index (χ4v) is 1.90. The van der Waals surface area contributed by atoms with Gasteiger partial charge in [-0.25, -0.2) is 9.88 Å². The van der Waals surface area contributed by atoms with Crippen molar-refractivity contribution in [1.82, 2.24) is 4.98 Å². The van der Waals surface area contributed by atoms with Crippen molar-refractivity contribution in [2.75, 3.05) is 4.90 Å². The Morgan fingerprint density at radius 3 is 2.29 bits per heavy atom. The predicted molar refractivity (Wildman–Crippen MR) is 65.2 cm³/mol. The molecule has 1 aliphatic rings. The molecular formula is C10H7Cl3N2O2. The van der Waals surface area contributed by atoms with Gasteiger partial charge >= 0.3 is 0 Å². The van der Waals surface area contributed by atoms with Crippen molar-refractivity contribution in [2.45, 2.75) is 16.6 Å². The quantitative estimate of drug-likeness (QED) is 0.590. The predicted octanol–water partition coefficient (Wildman–Crippen LogP) is 2.56. The maximum absolute atomic E-state index is 11.5. The van der Waals surface area contributed by atoms with Crippen LogP contribution in [0.5, 0.6) is 0 Å². The van der Waals surface area contributed by atoms with Crippen molar-refractivity contribution in [3.63, 3.8) is 0 Å². The van der Waals surface area contributed by atoms with Crippen molar-refractivity contribution >= 4 is 52.4 Å². The minimum absolute atomic E-state index is 0.193. The first-order chi connectivity index (χ1) is 7.89. The number of carbonyl (C=O) groups excluding carboxylic acids is 2. The second-order valence-corrected chi connectivity index (χ2v) is 5.80.